The van der Waals surface area contributed by atoms with Crippen molar-refractivity contribution < 1.29 is 33.5 Å². The molecule has 0 saturated heterocycles. The Morgan fingerprint density at radius 2 is 2.25 bits per heavy atom. The van der Waals surface area contributed by atoms with E-state index in [9.17, 15) is 9.90 Å². The van der Waals surface area contributed by atoms with Crippen LogP contribution in [0.4, 0.5) is 0 Å². The molecule has 0 fully saturated rings. The third kappa shape index (κ3) is 4.77. The summed E-state index contributed by atoms with van der Waals surface area (Å²) >= 11 is 6.63. The molecule has 0 aliphatic rings. The molecule has 0 saturated carbocycles. The van der Waals surface area contributed by atoms with Gasteiger partial charge in [-0.05, 0) is 14.1 Å². The van der Waals surface area contributed by atoms with Crippen molar-refractivity contribution in [2.75, 3.05) is 27.2 Å². The predicted octanol–water partition coefficient (Wildman–Crippen LogP) is -2.29. The van der Waals surface area contributed by atoms with Crippen LogP contribution in [0.3, 0.4) is 0 Å². The number of halogens is 1. The zero-order chi connectivity index (χ0) is 11.4. The summed E-state index contributed by atoms with van der Waals surface area (Å²) in [5.41, 5.74) is 0. The standard InChI is InChI=1S/C9H12ClNO3S.Li/c1-11(2)3-4-14-6-5-7(10)15-8(6)9(12)13;/h5H,3-4H2,1-2H3,(H,12,13);/q;+1/p-1. The first-order valence-electron chi connectivity index (χ1n) is 4.29. The third-order valence-corrected chi connectivity index (χ3v) is 2.87. The number of carboxylic acid groups (broad SMARTS) is 1. The van der Waals surface area contributed by atoms with E-state index >= 15 is 0 Å². The number of rotatable bonds is 5. The van der Waals surface area contributed by atoms with E-state index in [1.165, 1.54) is 6.07 Å². The second-order valence-electron chi connectivity index (χ2n) is 3.18. The van der Waals surface area contributed by atoms with E-state index in [-0.39, 0.29) is 29.5 Å². The maximum atomic E-state index is 10.7. The zero-order valence-corrected chi connectivity index (χ0v) is 11.0. The van der Waals surface area contributed by atoms with Crippen LogP contribution in [-0.4, -0.2) is 38.1 Å². The van der Waals surface area contributed by atoms with Gasteiger partial charge in [-0.2, -0.15) is 0 Å². The molecule has 0 N–H and O–H groups in total. The summed E-state index contributed by atoms with van der Waals surface area (Å²) in [6.07, 6.45) is 0. The number of nitrogens with zero attached hydrogens (tertiary/aromatic N) is 1. The molecule has 84 valence electrons. The Labute approximate surface area is 115 Å². The molecule has 1 heterocycles. The van der Waals surface area contributed by atoms with Gasteiger partial charge < -0.3 is 19.5 Å². The largest absolute Gasteiger partial charge is 1.00 e. The van der Waals surface area contributed by atoms with Crippen molar-refractivity contribution >= 4 is 28.9 Å². The normalized spacial score (nSPS) is 10.0. The van der Waals surface area contributed by atoms with E-state index in [1.54, 1.807) is 0 Å². The number of carbonyl (C=O) groups is 1. The number of thiophene rings is 1. The van der Waals surface area contributed by atoms with Gasteiger partial charge in [0.2, 0.25) is 0 Å². The van der Waals surface area contributed by atoms with Crippen LogP contribution >= 0.6 is 22.9 Å². The molecule has 0 amide bonds. The molecule has 0 radical (unpaired) electrons. The Morgan fingerprint density at radius 1 is 1.62 bits per heavy atom. The molecule has 0 spiro atoms. The van der Waals surface area contributed by atoms with Crippen LogP contribution < -0.4 is 28.7 Å². The molecule has 16 heavy (non-hydrogen) atoms. The number of hydrogen-bond acceptors (Lipinski definition) is 5. The van der Waals surface area contributed by atoms with E-state index in [1.807, 2.05) is 19.0 Å². The number of hydrogen-bond donors (Lipinski definition) is 0. The minimum Gasteiger partial charge on any atom is -0.544 e. The zero-order valence-electron chi connectivity index (χ0n) is 9.45. The monoisotopic (exact) mass is 255 g/mol. The second kappa shape index (κ2) is 7.20. The van der Waals surface area contributed by atoms with Gasteiger partial charge >= 0.3 is 18.9 Å². The van der Waals surface area contributed by atoms with Crippen LogP contribution in [0.15, 0.2) is 6.07 Å². The molecule has 0 aromatic carbocycles. The Morgan fingerprint density at radius 3 is 2.75 bits per heavy atom. The fourth-order valence-corrected chi connectivity index (χ4v) is 1.93. The quantitative estimate of drug-likeness (QED) is 0.556. The SMILES string of the molecule is CN(C)CCOc1cc(Cl)sc1C(=O)[O-].[Li+]. The average Bonchev–Trinajstić information content (AvgIpc) is 2.46. The van der Waals surface area contributed by atoms with Crippen LogP contribution in [-0.2, 0) is 0 Å². The number of aromatic carboxylic acids is 1. The summed E-state index contributed by atoms with van der Waals surface area (Å²) in [6.45, 7) is 1.13. The van der Waals surface area contributed by atoms with Crippen LogP contribution in [0, 0.1) is 0 Å². The van der Waals surface area contributed by atoms with E-state index in [2.05, 4.69) is 0 Å². The molecular formula is C9H11ClLiNO3S. The van der Waals surface area contributed by atoms with E-state index in [0.717, 1.165) is 11.3 Å². The maximum absolute atomic E-state index is 10.7. The third-order valence-electron chi connectivity index (χ3n) is 1.65. The van der Waals surface area contributed by atoms with Crippen molar-refractivity contribution in [1.82, 2.24) is 4.90 Å². The van der Waals surface area contributed by atoms with E-state index in [0.29, 0.717) is 17.5 Å². The first kappa shape index (κ1) is 15.8. The number of carboxylic acids is 1. The fraction of sp³-hybridized carbons (Fsp3) is 0.444. The van der Waals surface area contributed by atoms with Gasteiger partial charge in [0.1, 0.15) is 12.4 Å². The van der Waals surface area contributed by atoms with Gasteiger partial charge in [-0.1, -0.05) is 11.6 Å². The Hall–Kier alpha value is -0.183. The van der Waals surface area contributed by atoms with Crippen LogP contribution in [0.1, 0.15) is 9.67 Å². The summed E-state index contributed by atoms with van der Waals surface area (Å²) < 4.78 is 5.68. The Kier molecular flexibility index (Phi) is 7.12. The Balaban J connectivity index is 0.00000225. The average molecular weight is 256 g/mol. The van der Waals surface area contributed by atoms with Crippen LogP contribution in [0.2, 0.25) is 4.34 Å². The van der Waals surface area contributed by atoms with Crippen molar-refractivity contribution in [1.29, 1.82) is 0 Å². The smallest absolute Gasteiger partial charge is 0.544 e. The fourth-order valence-electron chi connectivity index (χ4n) is 0.934. The summed E-state index contributed by atoms with van der Waals surface area (Å²) in [7, 11) is 3.81. The minimum atomic E-state index is -1.26. The molecular weight excluding hydrogens is 245 g/mol. The molecule has 0 atom stereocenters. The predicted molar refractivity (Wildman–Crippen MR) is 57.7 cm³/mol. The molecule has 0 unspecified atom stereocenters. The van der Waals surface area contributed by atoms with Gasteiger partial charge in [-0.15, -0.1) is 11.3 Å². The van der Waals surface area contributed by atoms with Gasteiger partial charge in [0.05, 0.1) is 15.2 Å². The molecule has 4 nitrogen and oxygen atoms in total. The van der Waals surface area contributed by atoms with Crippen LogP contribution in [0.5, 0.6) is 5.75 Å². The number of carbonyl (C=O) groups excluding carboxylic acids is 1. The van der Waals surface area contributed by atoms with Crippen molar-refractivity contribution in [3.05, 3.63) is 15.3 Å². The summed E-state index contributed by atoms with van der Waals surface area (Å²) in [6, 6.07) is 1.49. The van der Waals surface area contributed by atoms with E-state index in [4.69, 9.17) is 16.3 Å². The molecule has 0 aliphatic heterocycles. The summed E-state index contributed by atoms with van der Waals surface area (Å²) in [4.78, 5) is 12.7. The molecule has 0 bridgehead atoms. The number of ether oxygens (including phenoxy) is 1. The summed E-state index contributed by atoms with van der Waals surface area (Å²) in [5, 5.41) is 10.7. The second-order valence-corrected chi connectivity index (χ2v) is 4.87. The minimum absolute atomic E-state index is 0. The molecule has 1 rings (SSSR count). The maximum Gasteiger partial charge on any atom is 1.00 e. The van der Waals surface area contributed by atoms with E-state index < -0.39 is 5.97 Å². The van der Waals surface area contributed by atoms with Gasteiger partial charge in [-0.3, -0.25) is 0 Å². The van der Waals surface area contributed by atoms with Gasteiger partial charge in [-0.25, -0.2) is 0 Å². The topological polar surface area (TPSA) is 52.6 Å². The van der Waals surface area contributed by atoms with Crippen molar-refractivity contribution in [3.8, 4) is 5.75 Å². The molecule has 1 aromatic rings. The van der Waals surface area contributed by atoms with Gasteiger partial charge in [0, 0.05) is 12.6 Å². The Bertz CT molecular complexity index is 357. The van der Waals surface area contributed by atoms with Crippen molar-refractivity contribution in [2.24, 2.45) is 0 Å². The van der Waals surface area contributed by atoms with Crippen LogP contribution in [0.25, 0.3) is 0 Å². The van der Waals surface area contributed by atoms with Crippen molar-refractivity contribution in [2.45, 2.75) is 0 Å². The van der Waals surface area contributed by atoms with Gasteiger partial charge in [0.25, 0.3) is 0 Å². The van der Waals surface area contributed by atoms with Crippen molar-refractivity contribution in [3.63, 3.8) is 0 Å². The number of likely N-dealkylation sites (N-methyl/N-ethyl adjacent to an activating group) is 1. The van der Waals surface area contributed by atoms with Gasteiger partial charge in [0.15, 0.2) is 0 Å². The molecule has 1 aromatic heterocycles. The summed E-state index contributed by atoms with van der Waals surface area (Å²) in [5.74, 6) is -0.974. The first-order chi connectivity index (χ1) is 7.00. The first-order valence-corrected chi connectivity index (χ1v) is 5.48. The molecule has 0 aliphatic carbocycles. The molecule has 7 heteroatoms.